The minimum atomic E-state index is -3.85. The van der Waals surface area contributed by atoms with Gasteiger partial charge in [-0.2, -0.15) is 0 Å². The first-order valence-corrected chi connectivity index (χ1v) is 23.8. The molecule has 0 saturated heterocycles. The van der Waals surface area contributed by atoms with Gasteiger partial charge in [0.05, 0.1) is 40.4 Å². The van der Waals surface area contributed by atoms with Crippen LogP contribution in [0.1, 0.15) is 40.5 Å². The van der Waals surface area contributed by atoms with Crippen LogP contribution in [0.2, 0.25) is 5.02 Å². The molecule has 0 aliphatic carbocycles. The number of halogens is 1. The average molecular weight is 950 g/mol. The number of pyridine rings is 2. The standard InChI is InChI=1S/C24H24N4O4S.C23H21ClN4O4S/c1-2-15-32-23-6-4-3-5-21(23)27-33(30,31)20-9-7-18(8-10-20)16-26-24(29)28-14-12-19-17-25-13-11-22(19)28;1-14-9-20(22(32-2)11-18(14)24)28-33(30,31)17-5-3-15(4-6-17)12-26-23(29)21-10-16-13-25-8-7-19(16)27-21/h3-14,17,27H,2,15-16H2,1H3,(H,26,29);3-11,13,27-28H,12H2,1-2H3,(H,26,29). The van der Waals surface area contributed by atoms with Crippen molar-refractivity contribution in [2.75, 3.05) is 23.2 Å². The van der Waals surface area contributed by atoms with Crippen molar-refractivity contribution in [2.24, 2.45) is 0 Å². The predicted octanol–water partition coefficient (Wildman–Crippen LogP) is 8.65. The second-order valence-corrected chi connectivity index (χ2v) is 18.5. The Hall–Kier alpha value is -7.41. The maximum atomic E-state index is 12.8. The molecule has 4 aromatic heterocycles. The Morgan fingerprint density at radius 1 is 0.727 bits per heavy atom. The third-order valence-corrected chi connectivity index (χ3v) is 13.2. The van der Waals surface area contributed by atoms with Crippen molar-refractivity contribution < 1.29 is 35.9 Å². The first-order valence-electron chi connectivity index (χ1n) is 20.4. The molecule has 0 aliphatic rings. The monoisotopic (exact) mass is 948 g/mol. The Morgan fingerprint density at radius 2 is 1.35 bits per heavy atom. The molecule has 8 rings (SSSR count). The minimum Gasteiger partial charge on any atom is -0.495 e. The van der Waals surface area contributed by atoms with Crippen molar-refractivity contribution in [3.63, 3.8) is 0 Å². The zero-order valence-electron chi connectivity index (χ0n) is 35.9. The molecular weight excluding hydrogens is 904 g/mol. The third kappa shape index (κ3) is 11.3. The number of nitrogens with one attached hydrogen (secondary N) is 5. The normalized spacial score (nSPS) is 11.3. The summed E-state index contributed by atoms with van der Waals surface area (Å²) in [5.41, 5.74) is 4.93. The van der Waals surface area contributed by atoms with Crippen LogP contribution in [-0.2, 0) is 33.1 Å². The summed E-state index contributed by atoms with van der Waals surface area (Å²) in [6, 6.07) is 29.5. The Bertz CT molecular complexity index is 3200. The molecule has 340 valence electrons. The molecule has 0 saturated carbocycles. The number of fused-ring (bicyclic) bond motifs is 2. The molecule has 66 heavy (non-hydrogen) atoms. The van der Waals surface area contributed by atoms with Crippen LogP contribution in [0.4, 0.5) is 16.2 Å². The number of methoxy groups -OCH3 is 1. The van der Waals surface area contributed by atoms with E-state index in [1.165, 1.54) is 35.9 Å². The van der Waals surface area contributed by atoms with Gasteiger partial charge in [-0.05, 0) is 96.8 Å². The van der Waals surface area contributed by atoms with Gasteiger partial charge in [-0.1, -0.05) is 54.9 Å². The number of hydrogen-bond donors (Lipinski definition) is 5. The number of hydrogen-bond acceptors (Lipinski definition) is 10. The molecule has 0 spiro atoms. The fourth-order valence-electron chi connectivity index (χ4n) is 6.58. The topological polar surface area (TPSA) is 215 Å². The van der Waals surface area contributed by atoms with E-state index in [9.17, 15) is 26.4 Å². The maximum absolute atomic E-state index is 12.8. The number of para-hydroxylation sites is 2. The van der Waals surface area contributed by atoms with E-state index in [0.717, 1.165) is 39.4 Å². The van der Waals surface area contributed by atoms with Gasteiger partial charge >= 0.3 is 6.03 Å². The lowest BCUT2D eigenvalue weighted by Gasteiger charge is -2.14. The van der Waals surface area contributed by atoms with Gasteiger partial charge in [0.2, 0.25) is 0 Å². The highest BCUT2D eigenvalue weighted by Crippen LogP contribution is 2.33. The summed E-state index contributed by atoms with van der Waals surface area (Å²) < 4.78 is 68.8. The Kier molecular flexibility index (Phi) is 14.5. The second kappa shape index (κ2) is 20.6. The number of H-pyrrole nitrogens is 1. The lowest BCUT2D eigenvalue weighted by atomic mass is 10.2. The highest BCUT2D eigenvalue weighted by atomic mass is 35.5. The van der Waals surface area contributed by atoms with Gasteiger partial charge in [0.15, 0.2) is 0 Å². The summed E-state index contributed by atoms with van der Waals surface area (Å²) in [4.78, 5) is 36.3. The highest BCUT2D eigenvalue weighted by Gasteiger charge is 2.19. The number of aryl methyl sites for hydroxylation is 1. The maximum Gasteiger partial charge on any atom is 0.326 e. The Balaban J connectivity index is 0.000000196. The smallest absolute Gasteiger partial charge is 0.326 e. The lowest BCUT2D eigenvalue weighted by molar-refractivity contribution is 0.0946. The van der Waals surface area contributed by atoms with Gasteiger partial charge in [0.1, 0.15) is 17.2 Å². The zero-order valence-corrected chi connectivity index (χ0v) is 38.3. The summed E-state index contributed by atoms with van der Waals surface area (Å²) in [6.07, 6.45) is 9.15. The minimum absolute atomic E-state index is 0.0790. The molecule has 2 amide bonds. The van der Waals surface area contributed by atoms with Crippen LogP contribution in [0.5, 0.6) is 11.5 Å². The van der Waals surface area contributed by atoms with Gasteiger partial charge in [-0.3, -0.25) is 28.8 Å². The predicted molar refractivity (Wildman–Crippen MR) is 254 cm³/mol. The van der Waals surface area contributed by atoms with Gasteiger partial charge in [0.25, 0.3) is 26.0 Å². The van der Waals surface area contributed by atoms with E-state index in [2.05, 4.69) is 35.0 Å². The molecule has 16 nitrogen and oxygen atoms in total. The average Bonchev–Trinajstić information content (AvgIpc) is 3.97. The molecular formula is C47H45ClN8O8S2. The first-order chi connectivity index (χ1) is 31.7. The van der Waals surface area contributed by atoms with E-state index in [-0.39, 0.29) is 34.8 Å². The van der Waals surface area contributed by atoms with Crippen molar-refractivity contribution in [3.05, 3.63) is 168 Å². The number of aromatic amines is 1. The van der Waals surface area contributed by atoms with Crippen LogP contribution < -0.4 is 29.6 Å². The molecule has 0 aliphatic heterocycles. The number of amides is 2. The summed E-state index contributed by atoms with van der Waals surface area (Å²) >= 11 is 6.09. The molecule has 4 aromatic carbocycles. The van der Waals surface area contributed by atoms with E-state index in [4.69, 9.17) is 21.1 Å². The second-order valence-electron chi connectivity index (χ2n) is 14.8. The number of sulfonamides is 2. The van der Waals surface area contributed by atoms with Crippen LogP contribution in [0.15, 0.2) is 150 Å². The van der Waals surface area contributed by atoms with Crippen molar-refractivity contribution >= 4 is 76.8 Å². The fourth-order valence-corrected chi connectivity index (χ4v) is 8.86. The molecule has 5 N–H and O–H groups in total. The number of carbonyl (C=O) groups excluding carboxylic acids is 2. The van der Waals surface area contributed by atoms with Gasteiger partial charge in [-0.15, -0.1) is 0 Å². The van der Waals surface area contributed by atoms with Crippen molar-refractivity contribution in [3.8, 4) is 11.5 Å². The summed E-state index contributed by atoms with van der Waals surface area (Å²) in [7, 11) is -6.21. The van der Waals surface area contributed by atoms with Crippen molar-refractivity contribution in [1.29, 1.82) is 0 Å². The van der Waals surface area contributed by atoms with E-state index < -0.39 is 20.0 Å². The SMILES string of the molecule is CCCOc1ccccc1NS(=O)(=O)c1ccc(CNC(=O)n2ccc3cnccc32)cc1.COc1cc(Cl)c(C)cc1NS(=O)(=O)c1ccc(CNC(=O)c2cc3cnccc3[nH]2)cc1. The Morgan fingerprint density at radius 3 is 2.00 bits per heavy atom. The summed E-state index contributed by atoms with van der Waals surface area (Å²) in [5, 5.41) is 7.85. The van der Waals surface area contributed by atoms with Crippen LogP contribution in [-0.4, -0.2) is 62.0 Å². The number of aromatic nitrogens is 4. The van der Waals surface area contributed by atoms with E-state index in [0.29, 0.717) is 45.8 Å². The number of ether oxygens (including phenoxy) is 2. The van der Waals surface area contributed by atoms with Crippen LogP contribution in [0.3, 0.4) is 0 Å². The van der Waals surface area contributed by atoms with E-state index in [1.807, 2.05) is 13.0 Å². The molecule has 0 bridgehead atoms. The summed E-state index contributed by atoms with van der Waals surface area (Å²) in [6.45, 7) is 4.74. The number of nitrogens with zero attached hydrogens (tertiary/aromatic N) is 3. The van der Waals surface area contributed by atoms with Crippen molar-refractivity contribution in [2.45, 2.75) is 43.1 Å². The molecule has 8 aromatic rings. The third-order valence-electron chi connectivity index (χ3n) is 10.1. The number of anilines is 2. The number of rotatable bonds is 15. The first kappa shape index (κ1) is 46.6. The molecule has 0 radical (unpaired) electrons. The van der Waals surface area contributed by atoms with Crippen LogP contribution >= 0.6 is 11.6 Å². The van der Waals surface area contributed by atoms with Gasteiger partial charge < -0.3 is 25.1 Å². The van der Waals surface area contributed by atoms with Crippen molar-refractivity contribution in [1.82, 2.24) is 30.2 Å². The number of carbonyl (C=O) groups is 2. The quantitative estimate of drug-likeness (QED) is 0.0659. The zero-order chi connectivity index (χ0) is 46.8. The van der Waals surface area contributed by atoms with Gasteiger partial charge in [-0.25, -0.2) is 21.6 Å². The van der Waals surface area contributed by atoms with E-state index in [1.54, 1.807) is 117 Å². The summed E-state index contributed by atoms with van der Waals surface area (Å²) in [5.74, 6) is 0.534. The van der Waals surface area contributed by atoms with Gasteiger partial charge in [0, 0.05) is 71.5 Å². The van der Waals surface area contributed by atoms with Crippen LogP contribution in [0, 0.1) is 6.92 Å². The highest BCUT2D eigenvalue weighted by molar-refractivity contribution is 7.93. The fraction of sp³-hybridized carbons (Fsp3) is 0.149. The molecule has 0 atom stereocenters. The Labute approximate surface area is 386 Å². The molecule has 0 fully saturated rings. The lowest BCUT2D eigenvalue weighted by Crippen LogP contribution is -2.27. The molecule has 4 heterocycles. The molecule has 0 unspecified atom stereocenters. The molecule has 19 heteroatoms. The van der Waals surface area contributed by atoms with E-state index >= 15 is 0 Å². The van der Waals surface area contributed by atoms with Crippen LogP contribution in [0.25, 0.3) is 21.8 Å². The number of benzene rings is 4. The largest absolute Gasteiger partial charge is 0.495 e.